The Hall–Kier alpha value is -1.64. The summed E-state index contributed by atoms with van der Waals surface area (Å²) in [5.74, 6) is 2.59. The largest absolute Gasteiger partial charge is 0.376 e. The quantitative estimate of drug-likeness (QED) is 0.768. The number of thioether (sulfide) groups is 1. The van der Waals surface area contributed by atoms with Crippen LogP contribution in [-0.2, 0) is 4.74 Å². The van der Waals surface area contributed by atoms with Crippen LogP contribution in [-0.4, -0.2) is 42.0 Å². The molecular weight excluding hydrogens is 332 g/mol. The zero-order chi connectivity index (χ0) is 17.5. The second kappa shape index (κ2) is 9.17. The Morgan fingerprint density at radius 2 is 2.08 bits per heavy atom. The van der Waals surface area contributed by atoms with Gasteiger partial charge in [0.25, 0.3) is 0 Å². The zero-order valence-corrected chi connectivity index (χ0v) is 15.4. The molecular formula is C20H26N2O2S. The molecule has 25 heavy (non-hydrogen) atoms. The highest BCUT2D eigenvalue weighted by atomic mass is 32.2. The number of carbonyl (C=O) groups is 1. The third kappa shape index (κ3) is 5.17. The minimum absolute atomic E-state index is 0.0993. The molecule has 1 atom stereocenters. The number of carbonyl (C=O) groups excluding carboxylic acids is 1. The van der Waals surface area contributed by atoms with E-state index in [0.29, 0.717) is 18.3 Å². The highest BCUT2D eigenvalue weighted by Crippen LogP contribution is 2.38. The second-order valence-corrected chi connectivity index (χ2v) is 8.01. The summed E-state index contributed by atoms with van der Waals surface area (Å²) in [5, 5.41) is 3.72. The molecule has 1 N–H and O–H groups in total. The van der Waals surface area contributed by atoms with E-state index in [1.165, 1.54) is 25.7 Å². The number of hydrogen-bond acceptors (Lipinski definition) is 3. The van der Waals surface area contributed by atoms with Gasteiger partial charge in [0.15, 0.2) is 0 Å². The third-order valence-corrected chi connectivity index (χ3v) is 6.16. The van der Waals surface area contributed by atoms with Crippen LogP contribution in [0.5, 0.6) is 0 Å². The molecule has 1 heterocycles. The van der Waals surface area contributed by atoms with Gasteiger partial charge >= 0.3 is 6.03 Å². The normalized spacial score (nSPS) is 20.4. The van der Waals surface area contributed by atoms with E-state index in [0.717, 1.165) is 30.0 Å². The van der Waals surface area contributed by atoms with E-state index in [-0.39, 0.29) is 12.1 Å². The number of para-hydroxylation sites is 1. The van der Waals surface area contributed by atoms with E-state index in [1.54, 1.807) is 4.90 Å². The Labute approximate surface area is 154 Å². The van der Waals surface area contributed by atoms with Crippen molar-refractivity contribution in [3.63, 3.8) is 0 Å². The molecule has 1 saturated heterocycles. The van der Waals surface area contributed by atoms with Gasteiger partial charge in [-0.25, -0.2) is 4.79 Å². The number of amides is 2. The van der Waals surface area contributed by atoms with Gasteiger partial charge in [0, 0.05) is 23.3 Å². The predicted octanol–water partition coefficient (Wildman–Crippen LogP) is 4.37. The molecule has 1 saturated carbocycles. The number of benzene rings is 1. The number of hydrogen-bond donors (Lipinski definition) is 1. The van der Waals surface area contributed by atoms with E-state index in [1.807, 2.05) is 30.0 Å². The standard InChI is InChI=1S/C20H26N2O2S/c1-2-13-22(15-16-8-7-14-24-16)20(23)21-18-11-5-6-12-19(18)25-17-9-3-4-10-17/h1,5-6,11-12,16-17H,3-4,7-10,13-15H2,(H,21,23)/t16-/m1/s1. The van der Waals surface area contributed by atoms with Crippen molar-refractivity contribution >= 4 is 23.5 Å². The Balaban J connectivity index is 1.64. The second-order valence-electron chi connectivity index (χ2n) is 6.67. The lowest BCUT2D eigenvalue weighted by Crippen LogP contribution is -2.40. The molecule has 2 amide bonds. The topological polar surface area (TPSA) is 41.6 Å². The van der Waals surface area contributed by atoms with E-state index >= 15 is 0 Å². The average Bonchev–Trinajstić information content (AvgIpc) is 3.30. The zero-order valence-electron chi connectivity index (χ0n) is 14.6. The van der Waals surface area contributed by atoms with Crippen LogP contribution in [0.15, 0.2) is 29.2 Å². The van der Waals surface area contributed by atoms with Gasteiger partial charge in [0.1, 0.15) is 0 Å². The van der Waals surface area contributed by atoms with Crippen molar-refractivity contribution in [2.45, 2.75) is 54.8 Å². The Bertz CT molecular complexity index is 616. The van der Waals surface area contributed by atoms with Crippen molar-refractivity contribution in [1.29, 1.82) is 0 Å². The number of ether oxygens (including phenoxy) is 1. The molecule has 1 aromatic carbocycles. The van der Waals surface area contributed by atoms with Crippen molar-refractivity contribution in [3.05, 3.63) is 24.3 Å². The van der Waals surface area contributed by atoms with Gasteiger partial charge in [-0.05, 0) is 37.8 Å². The molecule has 2 aliphatic rings. The Morgan fingerprint density at radius 1 is 1.28 bits per heavy atom. The highest BCUT2D eigenvalue weighted by Gasteiger charge is 2.23. The molecule has 2 fully saturated rings. The number of anilines is 1. The fourth-order valence-electron chi connectivity index (χ4n) is 3.42. The fourth-order valence-corrected chi connectivity index (χ4v) is 4.75. The van der Waals surface area contributed by atoms with Crippen LogP contribution in [0, 0.1) is 12.3 Å². The van der Waals surface area contributed by atoms with E-state index in [4.69, 9.17) is 11.2 Å². The van der Waals surface area contributed by atoms with Gasteiger partial charge in [0.05, 0.1) is 18.3 Å². The fraction of sp³-hybridized carbons (Fsp3) is 0.550. The van der Waals surface area contributed by atoms with Crippen molar-refractivity contribution in [3.8, 4) is 12.3 Å². The van der Waals surface area contributed by atoms with E-state index in [2.05, 4.69) is 17.3 Å². The summed E-state index contributed by atoms with van der Waals surface area (Å²) in [6.45, 7) is 1.62. The summed E-state index contributed by atoms with van der Waals surface area (Å²) >= 11 is 1.88. The minimum atomic E-state index is -0.145. The minimum Gasteiger partial charge on any atom is -0.376 e. The number of rotatable bonds is 6. The van der Waals surface area contributed by atoms with Crippen LogP contribution >= 0.6 is 11.8 Å². The third-order valence-electron chi connectivity index (χ3n) is 4.74. The monoisotopic (exact) mass is 358 g/mol. The first-order valence-electron chi connectivity index (χ1n) is 9.13. The summed E-state index contributed by atoms with van der Waals surface area (Å²) in [5.41, 5.74) is 0.874. The summed E-state index contributed by atoms with van der Waals surface area (Å²) in [6, 6.07) is 7.89. The Morgan fingerprint density at radius 3 is 2.80 bits per heavy atom. The van der Waals surface area contributed by atoms with E-state index < -0.39 is 0 Å². The maximum atomic E-state index is 12.7. The van der Waals surface area contributed by atoms with Crippen LogP contribution in [0.3, 0.4) is 0 Å². The summed E-state index contributed by atoms with van der Waals surface area (Å²) in [6.07, 6.45) is 12.7. The predicted molar refractivity (Wildman–Crippen MR) is 103 cm³/mol. The molecule has 3 rings (SSSR count). The summed E-state index contributed by atoms with van der Waals surface area (Å²) in [4.78, 5) is 15.5. The SMILES string of the molecule is C#CCN(C[C@H]1CCCO1)C(=O)Nc1ccccc1SC1CCCC1. The van der Waals surface area contributed by atoms with Crippen LogP contribution in [0.25, 0.3) is 0 Å². The smallest absolute Gasteiger partial charge is 0.322 e. The molecule has 0 unspecified atom stereocenters. The van der Waals surface area contributed by atoms with Crippen LogP contribution in [0.2, 0.25) is 0 Å². The summed E-state index contributed by atoms with van der Waals surface area (Å²) in [7, 11) is 0. The number of nitrogens with one attached hydrogen (secondary N) is 1. The number of urea groups is 1. The molecule has 5 heteroatoms. The molecule has 134 valence electrons. The lowest BCUT2D eigenvalue weighted by molar-refractivity contribution is 0.0867. The number of terminal acetylenes is 1. The van der Waals surface area contributed by atoms with Crippen LogP contribution in [0.1, 0.15) is 38.5 Å². The van der Waals surface area contributed by atoms with Gasteiger partial charge in [-0.1, -0.05) is 30.9 Å². The molecule has 4 nitrogen and oxygen atoms in total. The van der Waals surface area contributed by atoms with Gasteiger partial charge < -0.3 is 15.0 Å². The first-order valence-corrected chi connectivity index (χ1v) is 10.0. The van der Waals surface area contributed by atoms with Crippen molar-refractivity contribution in [1.82, 2.24) is 4.90 Å². The van der Waals surface area contributed by atoms with Gasteiger partial charge in [0.2, 0.25) is 0 Å². The molecule has 0 radical (unpaired) electrons. The molecule has 1 aromatic rings. The molecule has 0 spiro atoms. The van der Waals surface area contributed by atoms with E-state index in [9.17, 15) is 4.79 Å². The molecule has 0 bridgehead atoms. The number of nitrogens with zero attached hydrogens (tertiary/aromatic N) is 1. The van der Waals surface area contributed by atoms with Crippen LogP contribution < -0.4 is 5.32 Å². The molecule has 0 aromatic heterocycles. The van der Waals surface area contributed by atoms with Crippen molar-refractivity contribution in [2.75, 3.05) is 25.0 Å². The highest BCUT2D eigenvalue weighted by molar-refractivity contribution is 8.00. The van der Waals surface area contributed by atoms with Crippen molar-refractivity contribution < 1.29 is 9.53 Å². The van der Waals surface area contributed by atoms with Gasteiger partial charge in [-0.2, -0.15) is 0 Å². The first kappa shape index (κ1) is 18.2. The van der Waals surface area contributed by atoms with Crippen LogP contribution in [0.4, 0.5) is 10.5 Å². The molecule has 1 aliphatic heterocycles. The van der Waals surface area contributed by atoms with Gasteiger partial charge in [-0.15, -0.1) is 18.2 Å². The maximum absolute atomic E-state index is 12.7. The summed E-state index contributed by atoms with van der Waals surface area (Å²) < 4.78 is 5.65. The first-order chi connectivity index (χ1) is 12.3. The average molecular weight is 359 g/mol. The lowest BCUT2D eigenvalue weighted by Gasteiger charge is -2.24. The van der Waals surface area contributed by atoms with Gasteiger partial charge in [-0.3, -0.25) is 0 Å². The van der Waals surface area contributed by atoms with Crippen molar-refractivity contribution in [2.24, 2.45) is 0 Å². The Kier molecular flexibility index (Phi) is 6.66. The maximum Gasteiger partial charge on any atom is 0.322 e. The molecule has 1 aliphatic carbocycles. The lowest BCUT2D eigenvalue weighted by atomic mass is 10.2.